The van der Waals surface area contributed by atoms with Crippen molar-refractivity contribution >= 4 is 129 Å². The molecule has 23 N–H and O–H groups in total. The Labute approximate surface area is 661 Å². The lowest BCUT2D eigenvalue weighted by molar-refractivity contribution is -0.159. The fourth-order valence-corrected chi connectivity index (χ4v) is 11.7. The highest BCUT2D eigenvalue weighted by molar-refractivity contribution is 6.02. The number of para-hydroxylation sites is 1. The number of esters is 2. The van der Waals surface area contributed by atoms with Gasteiger partial charge in [-0.25, -0.2) is 4.79 Å². The number of nitrogens with two attached hydrogens (primary N) is 3. The number of cyclic esters (lactones) is 1. The largest absolute Gasteiger partial charge is 0.481 e. The second kappa shape index (κ2) is 49.6. The van der Waals surface area contributed by atoms with Crippen LogP contribution in [-0.4, -0.2) is 261 Å². The molecule has 2 heterocycles. The number of nitrogens with zero attached hydrogens (tertiary/aromatic N) is 1. The number of hydrogen-bond donors (Lipinski definition) is 20. The van der Waals surface area contributed by atoms with Gasteiger partial charge in [0.1, 0.15) is 72.6 Å². The van der Waals surface area contributed by atoms with E-state index in [-0.39, 0.29) is 45.1 Å². The third-order valence-electron chi connectivity index (χ3n) is 18.4. The highest BCUT2D eigenvalue weighted by atomic mass is 16.5. The Morgan fingerprint density at radius 3 is 1.79 bits per heavy atom. The summed E-state index contributed by atoms with van der Waals surface area (Å²) in [6.07, 6.45) is -4.06. The number of carboxylic acid groups (broad SMARTS) is 3. The van der Waals surface area contributed by atoms with Crippen LogP contribution in [0.4, 0.5) is 0 Å². The Kier molecular flexibility index (Phi) is 41.9. The van der Waals surface area contributed by atoms with Gasteiger partial charge in [0.2, 0.25) is 88.6 Å². The Morgan fingerprint density at radius 2 is 1.19 bits per heavy atom. The van der Waals surface area contributed by atoms with Gasteiger partial charge in [-0.2, -0.15) is 0 Å². The first kappa shape index (κ1) is 97.3. The molecule has 1 saturated heterocycles. The Bertz CT molecular complexity index is 3800. The molecule has 1 aliphatic heterocycles. The number of aliphatic hydroxyl groups excluding tert-OH is 1. The van der Waals surface area contributed by atoms with Crippen LogP contribution in [0.25, 0.3) is 10.9 Å². The molecule has 0 saturated carbocycles. The smallest absolute Gasteiger partial charge is 0.329 e. The number of nitrogens with one attached hydrogen (secondary N) is 13. The van der Waals surface area contributed by atoms with E-state index in [2.05, 4.69) is 75.1 Å². The predicted octanol–water partition coefficient (Wildman–Crippen LogP) is -5.61. The van der Waals surface area contributed by atoms with E-state index in [9.17, 15) is 116 Å². The molecule has 0 spiro atoms. The number of rotatable bonds is 37. The quantitative estimate of drug-likeness (QED) is 0.0221. The maximum Gasteiger partial charge on any atom is 0.329 e. The molecule has 115 heavy (non-hydrogen) atoms. The molecule has 1 fully saturated rings. The average Bonchev–Trinajstić information content (AvgIpc) is 1.81. The number of primary amides is 2. The number of hydrogen-bond acceptors (Lipinski definition) is 24. The van der Waals surface area contributed by atoms with Crippen LogP contribution >= 0.6 is 0 Å². The van der Waals surface area contributed by atoms with Gasteiger partial charge in [-0.3, -0.25) is 91.1 Å². The van der Waals surface area contributed by atoms with Crippen LogP contribution in [0, 0.1) is 5.92 Å². The number of unbranched alkanes of at least 4 members (excludes halogenated alkanes) is 7. The first-order valence-corrected chi connectivity index (χ1v) is 37.5. The summed E-state index contributed by atoms with van der Waals surface area (Å²) in [6, 6.07) is -15.0. The molecule has 3 rings (SSSR count). The summed E-state index contributed by atoms with van der Waals surface area (Å²) in [6.45, 7) is 4.73. The number of aromatic nitrogens is 1. The summed E-state index contributed by atoms with van der Waals surface area (Å²) in [5.74, 6) is -28.0. The van der Waals surface area contributed by atoms with Crippen molar-refractivity contribution in [3.63, 3.8) is 0 Å². The minimum absolute atomic E-state index is 0.0171. The van der Waals surface area contributed by atoms with E-state index in [1.54, 1.807) is 30.5 Å². The van der Waals surface area contributed by atoms with E-state index in [1.807, 2.05) is 5.32 Å². The molecule has 2 aromatic rings. The SMILES string of the molecule is CCCCCCCCCC(=O)N[C@@H](Cc1c[nH]c2ccccc12)C(=O)N[C@@H](CCC(=O)O)C(=O)N[C@H](C(=O)N[C@@H]1C(=O)N(C)CC(=O)N[C@@H](C)C(=O)N[C@@H](CC(=O)O)C(=O)N[C@@H](CCCCN)C(=O)N[C@@H](CC(=O)OC)C(=O)NCC(=O)N[C@@H](CC(N)=O)C(=O)N[C@@H](CCC(=O)O)C(=O)N[C@@H]([C@@H](C)CC)C(=O)O[C@@H]1C)C(O)C(N)=O. The molecule has 15 amide bonds. The number of aliphatic carboxylic acids is 3. The summed E-state index contributed by atoms with van der Waals surface area (Å²) in [7, 11) is 1.83. The molecular weight excluding hydrogens is 1520 g/mol. The summed E-state index contributed by atoms with van der Waals surface area (Å²) in [5, 5.41) is 68.4. The van der Waals surface area contributed by atoms with E-state index >= 15 is 0 Å². The number of amides is 15. The number of H-pyrrole nitrogens is 1. The minimum atomic E-state index is -2.79. The zero-order chi connectivity index (χ0) is 86.3. The van der Waals surface area contributed by atoms with Crippen molar-refractivity contribution in [2.24, 2.45) is 23.1 Å². The maximum atomic E-state index is 15.0. The second-order valence-electron chi connectivity index (χ2n) is 27.7. The van der Waals surface area contributed by atoms with Crippen LogP contribution in [0.3, 0.4) is 0 Å². The third-order valence-corrected chi connectivity index (χ3v) is 18.4. The number of likely N-dealkylation sites (N-methyl/N-ethyl adjacent to an activating group) is 1. The fraction of sp³-hybridized carbons (Fsp3) is 0.611. The van der Waals surface area contributed by atoms with E-state index in [1.165, 1.54) is 13.8 Å². The van der Waals surface area contributed by atoms with Crippen molar-refractivity contribution in [1.82, 2.24) is 73.7 Å². The topological polar surface area (TPSA) is 682 Å². The third kappa shape index (κ3) is 34.1. The number of fused-ring (bicyclic) bond motifs is 1. The summed E-state index contributed by atoms with van der Waals surface area (Å²) >= 11 is 0. The predicted molar refractivity (Wildman–Crippen MR) is 402 cm³/mol. The molecule has 0 radical (unpaired) electrons. The second-order valence-corrected chi connectivity index (χ2v) is 27.7. The van der Waals surface area contributed by atoms with Crippen LogP contribution in [0.5, 0.6) is 0 Å². The molecule has 43 nitrogen and oxygen atoms in total. The van der Waals surface area contributed by atoms with E-state index in [4.69, 9.17) is 21.9 Å². The lowest BCUT2D eigenvalue weighted by Crippen LogP contribution is -2.64. The molecule has 14 atom stereocenters. The lowest BCUT2D eigenvalue weighted by Gasteiger charge is -2.32. The van der Waals surface area contributed by atoms with Crippen molar-refractivity contribution in [1.29, 1.82) is 0 Å². The van der Waals surface area contributed by atoms with Crippen LogP contribution in [0.1, 0.15) is 162 Å². The van der Waals surface area contributed by atoms with Crippen molar-refractivity contribution in [3.8, 4) is 0 Å². The van der Waals surface area contributed by atoms with Gasteiger partial charge in [0.05, 0.1) is 39.5 Å². The zero-order valence-corrected chi connectivity index (χ0v) is 65.2. The summed E-state index contributed by atoms with van der Waals surface area (Å²) in [5.41, 5.74) is 17.8. The molecular formula is C72H109N17O26. The van der Waals surface area contributed by atoms with Gasteiger partial charge < -0.3 is 121 Å². The minimum Gasteiger partial charge on any atom is -0.481 e. The van der Waals surface area contributed by atoms with Gasteiger partial charge in [0.25, 0.3) is 0 Å². The van der Waals surface area contributed by atoms with E-state index < -0.39 is 261 Å². The molecule has 1 aromatic carbocycles. The Morgan fingerprint density at radius 1 is 0.617 bits per heavy atom. The van der Waals surface area contributed by atoms with Gasteiger partial charge >= 0.3 is 29.8 Å². The van der Waals surface area contributed by atoms with E-state index in [0.29, 0.717) is 34.2 Å². The Hall–Kier alpha value is -11.9. The van der Waals surface area contributed by atoms with Crippen molar-refractivity contribution in [2.75, 3.05) is 33.8 Å². The molecule has 0 aliphatic carbocycles. The fourth-order valence-electron chi connectivity index (χ4n) is 11.7. The number of carboxylic acids is 3. The van der Waals surface area contributed by atoms with Crippen LogP contribution in [0.15, 0.2) is 30.5 Å². The first-order valence-electron chi connectivity index (χ1n) is 37.5. The molecule has 638 valence electrons. The number of ether oxygens (including phenoxy) is 2. The van der Waals surface area contributed by atoms with Gasteiger partial charge in [-0.1, -0.05) is 83.9 Å². The van der Waals surface area contributed by atoms with Crippen molar-refractivity contribution in [2.45, 2.75) is 242 Å². The maximum absolute atomic E-state index is 15.0. The number of aromatic amines is 1. The van der Waals surface area contributed by atoms with Gasteiger partial charge in [-0.05, 0) is 76.5 Å². The number of aliphatic hydroxyl groups is 1. The first-order chi connectivity index (χ1) is 54.2. The standard InChI is InChI=1S/C72H109N17O26/c1-8-10-11-12-13-14-15-23-50(91)79-45(29-39-33-76-41-21-17-16-20-40(39)41)67(108)82-44(25-27-54(96)97)66(107)88-59(60(101)61(75)102)70(111)87-58-38(5)115-72(113)57(36(3)9-2)86-65(106)43(24-26-53(94)95)83-68(109)46(30-49(74)90)80-51(92)34-77-63(104)48(32-56(100)114-7)85-64(105)42(22-18-19-28-73)81-69(110)47(31-55(98)99)84-62(103)37(4)78-52(93)35-89(6)71(58)112/h16-17,20-21,33,36-38,42-48,57-60,76,101H,8-15,18-19,22-32,34-35,73H2,1-7H3,(H2,74,90)(H2,75,102)(H,77,104)(H,78,93)(H,79,91)(H,80,92)(H,81,110)(H,82,108)(H,83,109)(H,84,103)(H,85,105)(H,86,106)(H,87,111)(H,88,107)(H,94,95)(H,96,97)(H,98,99)/t36-,37-,38+,42-,43-,44-,45-,46-,47-,48-,57-,58-,59-,60?/m0/s1. The number of methoxy groups -OCH3 is 1. The molecule has 43 heteroatoms. The molecule has 1 aromatic heterocycles. The van der Waals surface area contributed by atoms with Crippen LogP contribution < -0.4 is 81.0 Å². The van der Waals surface area contributed by atoms with Gasteiger partial charge in [0, 0.05) is 49.8 Å². The Balaban J connectivity index is 2.27. The van der Waals surface area contributed by atoms with Crippen LogP contribution in [0.2, 0.25) is 0 Å². The highest BCUT2D eigenvalue weighted by Gasteiger charge is 2.43. The number of carbonyl (C=O) groups is 20. The van der Waals surface area contributed by atoms with Gasteiger partial charge in [0.15, 0.2) is 6.10 Å². The van der Waals surface area contributed by atoms with Gasteiger partial charge in [-0.15, -0.1) is 0 Å². The van der Waals surface area contributed by atoms with Crippen molar-refractivity contribution < 1.29 is 126 Å². The highest BCUT2D eigenvalue weighted by Crippen LogP contribution is 2.21. The number of carbonyl (C=O) groups excluding carboxylic acids is 17. The molecule has 1 unspecified atom stereocenters. The van der Waals surface area contributed by atoms with Crippen molar-refractivity contribution in [3.05, 3.63) is 36.0 Å². The average molecular weight is 1630 g/mol. The zero-order valence-electron chi connectivity index (χ0n) is 65.2. The normalized spacial score (nSPS) is 21.6. The summed E-state index contributed by atoms with van der Waals surface area (Å²) < 4.78 is 10.4. The number of benzene rings is 1. The lowest BCUT2D eigenvalue weighted by atomic mass is 9.98. The van der Waals surface area contributed by atoms with Crippen LogP contribution in [-0.2, 0) is 112 Å². The monoisotopic (exact) mass is 1630 g/mol. The molecule has 0 bridgehead atoms. The van der Waals surface area contributed by atoms with E-state index in [0.717, 1.165) is 60.1 Å². The summed E-state index contributed by atoms with van der Waals surface area (Å²) in [4.78, 5) is 277. The molecule has 1 aliphatic rings.